The molecule has 0 saturated heterocycles. The second-order valence-electron chi connectivity index (χ2n) is 6.45. The summed E-state index contributed by atoms with van der Waals surface area (Å²) in [7, 11) is 3.50. The van der Waals surface area contributed by atoms with E-state index in [1.165, 1.54) is 34.5 Å². The molecule has 5 nitrogen and oxygen atoms in total. The molecule has 5 heteroatoms. The molecule has 1 aliphatic heterocycles. The van der Waals surface area contributed by atoms with E-state index in [9.17, 15) is 0 Å². The van der Waals surface area contributed by atoms with Gasteiger partial charge in [0.25, 0.3) is 0 Å². The van der Waals surface area contributed by atoms with Gasteiger partial charge in [-0.05, 0) is 37.0 Å². The van der Waals surface area contributed by atoms with Crippen LogP contribution in [0.15, 0.2) is 24.3 Å². The molecule has 1 aromatic heterocycles. The summed E-state index contributed by atoms with van der Waals surface area (Å²) >= 11 is 0. The second-order valence-corrected chi connectivity index (χ2v) is 6.45. The molecule has 0 unspecified atom stereocenters. The highest BCUT2D eigenvalue weighted by Crippen LogP contribution is 2.37. The summed E-state index contributed by atoms with van der Waals surface area (Å²) < 4.78 is 13.4. The van der Waals surface area contributed by atoms with Crippen molar-refractivity contribution >= 4 is 5.69 Å². The maximum absolute atomic E-state index is 8.89. The topological polar surface area (TPSA) is 55.6 Å². The molecule has 1 aromatic carbocycles. The zero-order chi connectivity index (χ0) is 17.6. The van der Waals surface area contributed by atoms with Gasteiger partial charge < -0.3 is 24.5 Å². The number of fused-ring (bicyclic) bond motifs is 1. The minimum Gasteiger partial charge on any atom is -0.396 e. The van der Waals surface area contributed by atoms with E-state index in [1.807, 2.05) is 0 Å². The van der Waals surface area contributed by atoms with Crippen molar-refractivity contribution in [1.82, 2.24) is 4.57 Å². The fourth-order valence-corrected chi connectivity index (χ4v) is 3.72. The number of ether oxygens (including phenoxy) is 2. The van der Waals surface area contributed by atoms with Gasteiger partial charge in [0.05, 0.1) is 18.9 Å². The van der Waals surface area contributed by atoms with Gasteiger partial charge in [-0.2, -0.15) is 0 Å². The lowest BCUT2D eigenvalue weighted by Gasteiger charge is -2.12. The van der Waals surface area contributed by atoms with Gasteiger partial charge in [-0.1, -0.05) is 12.1 Å². The van der Waals surface area contributed by atoms with Crippen LogP contribution in [0.1, 0.15) is 29.7 Å². The van der Waals surface area contributed by atoms with Gasteiger partial charge in [0.1, 0.15) is 0 Å². The van der Waals surface area contributed by atoms with E-state index in [0.717, 1.165) is 31.6 Å². The number of aliphatic hydroxyl groups is 1. The summed E-state index contributed by atoms with van der Waals surface area (Å²) in [5, 5.41) is 12.2. The summed E-state index contributed by atoms with van der Waals surface area (Å²) in [5.74, 6) is 0. The molecule has 2 aromatic rings. The molecule has 136 valence electrons. The Morgan fingerprint density at radius 2 is 1.80 bits per heavy atom. The Balaban J connectivity index is 1.94. The number of aromatic nitrogens is 1. The number of rotatable bonds is 9. The molecule has 0 spiro atoms. The largest absolute Gasteiger partial charge is 0.396 e. The standard InChI is InChI=1S/C20H28N2O3/c1-24-13-17-18(14-25-2)20(22-11-3-5-19(17)22)15-6-8-16(9-7-15)21-10-4-12-23/h6-9,21,23H,3-5,10-14H2,1-2H3. The van der Waals surface area contributed by atoms with Crippen molar-refractivity contribution in [3.8, 4) is 11.3 Å². The van der Waals surface area contributed by atoms with Crippen LogP contribution in [0.5, 0.6) is 0 Å². The molecule has 0 aliphatic carbocycles. The number of benzene rings is 1. The van der Waals surface area contributed by atoms with Crippen LogP contribution in [-0.4, -0.2) is 37.0 Å². The quantitative estimate of drug-likeness (QED) is 0.686. The first-order valence-corrected chi connectivity index (χ1v) is 8.96. The molecular formula is C20H28N2O3. The third-order valence-corrected chi connectivity index (χ3v) is 4.79. The highest BCUT2D eigenvalue weighted by molar-refractivity contribution is 5.70. The number of methoxy groups -OCH3 is 2. The molecular weight excluding hydrogens is 316 g/mol. The fraction of sp³-hybridized carbons (Fsp3) is 0.500. The number of nitrogens with zero attached hydrogens (tertiary/aromatic N) is 1. The Hall–Kier alpha value is -1.82. The van der Waals surface area contributed by atoms with Crippen molar-refractivity contribution in [2.24, 2.45) is 0 Å². The SMILES string of the molecule is COCc1c(COC)c(-c2ccc(NCCCO)cc2)n2c1CCC2. The van der Waals surface area contributed by atoms with E-state index in [1.54, 1.807) is 14.2 Å². The van der Waals surface area contributed by atoms with E-state index in [2.05, 4.69) is 34.1 Å². The Morgan fingerprint density at radius 1 is 1.08 bits per heavy atom. The first-order valence-electron chi connectivity index (χ1n) is 8.96. The first kappa shape index (κ1) is 18.0. The Labute approximate surface area is 149 Å². The minimum atomic E-state index is 0.212. The zero-order valence-electron chi connectivity index (χ0n) is 15.2. The normalized spacial score (nSPS) is 13.2. The van der Waals surface area contributed by atoms with Crippen LogP contribution in [0, 0.1) is 0 Å². The molecule has 2 heterocycles. The molecule has 1 aliphatic rings. The summed E-state index contributed by atoms with van der Waals surface area (Å²) in [6, 6.07) is 8.54. The number of aliphatic hydroxyl groups excluding tert-OH is 1. The first-order chi connectivity index (χ1) is 12.3. The van der Waals surface area contributed by atoms with Crippen LogP contribution in [-0.2, 0) is 35.7 Å². The highest BCUT2D eigenvalue weighted by atomic mass is 16.5. The Bertz CT molecular complexity index is 692. The molecule has 0 fully saturated rings. The van der Waals surface area contributed by atoms with Gasteiger partial charge >= 0.3 is 0 Å². The fourth-order valence-electron chi connectivity index (χ4n) is 3.72. The van der Waals surface area contributed by atoms with Crippen LogP contribution in [0.2, 0.25) is 0 Å². The van der Waals surface area contributed by atoms with Crippen LogP contribution in [0.25, 0.3) is 11.3 Å². The average Bonchev–Trinajstić information content (AvgIpc) is 3.19. The van der Waals surface area contributed by atoms with Crippen LogP contribution in [0.3, 0.4) is 0 Å². The lowest BCUT2D eigenvalue weighted by molar-refractivity contribution is 0.169. The lowest BCUT2D eigenvalue weighted by Crippen LogP contribution is -2.03. The second kappa shape index (κ2) is 8.52. The Morgan fingerprint density at radius 3 is 2.48 bits per heavy atom. The summed E-state index contributed by atoms with van der Waals surface area (Å²) in [6.07, 6.45) is 3.05. The molecule has 0 saturated carbocycles. The number of hydrogen-bond donors (Lipinski definition) is 2. The third kappa shape index (κ3) is 3.73. The van der Waals surface area contributed by atoms with E-state index in [4.69, 9.17) is 14.6 Å². The van der Waals surface area contributed by atoms with Crippen LogP contribution >= 0.6 is 0 Å². The number of hydrogen-bond acceptors (Lipinski definition) is 4. The summed E-state index contributed by atoms with van der Waals surface area (Å²) in [4.78, 5) is 0. The summed E-state index contributed by atoms with van der Waals surface area (Å²) in [5.41, 5.74) is 7.50. The Kier molecular flexibility index (Phi) is 6.13. The molecule has 0 amide bonds. The molecule has 0 atom stereocenters. The number of anilines is 1. The van der Waals surface area contributed by atoms with Crippen molar-refractivity contribution in [3.63, 3.8) is 0 Å². The highest BCUT2D eigenvalue weighted by Gasteiger charge is 2.26. The van der Waals surface area contributed by atoms with Gasteiger partial charge in [-0.25, -0.2) is 0 Å². The van der Waals surface area contributed by atoms with Gasteiger partial charge in [0.15, 0.2) is 0 Å². The van der Waals surface area contributed by atoms with Crippen LogP contribution < -0.4 is 5.32 Å². The summed E-state index contributed by atoms with van der Waals surface area (Å²) in [6.45, 7) is 3.29. The van der Waals surface area contributed by atoms with E-state index < -0.39 is 0 Å². The van der Waals surface area contributed by atoms with Crippen molar-refractivity contribution < 1.29 is 14.6 Å². The number of nitrogens with one attached hydrogen (secondary N) is 1. The monoisotopic (exact) mass is 344 g/mol. The predicted molar refractivity (Wildman–Crippen MR) is 99.8 cm³/mol. The van der Waals surface area contributed by atoms with Crippen molar-refractivity contribution in [2.45, 2.75) is 39.0 Å². The van der Waals surface area contributed by atoms with Crippen molar-refractivity contribution in [3.05, 3.63) is 41.1 Å². The zero-order valence-corrected chi connectivity index (χ0v) is 15.2. The van der Waals surface area contributed by atoms with Gasteiger partial charge in [0.2, 0.25) is 0 Å². The molecule has 25 heavy (non-hydrogen) atoms. The average molecular weight is 344 g/mol. The van der Waals surface area contributed by atoms with Gasteiger partial charge in [0, 0.05) is 56.4 Å². The van der Waals surface area contributed by atoms with E-state index >= 15 is 0 Å². The van der Waals surface area contributed by atoms with Crippen molar-refractivity contribution in [2.75, 3.05) is 32.7 Å². The molecule has 3 rings (SSSR count). The van der Waals surface area contributed by atoms with Gasteiger partial charge in [-0.3, -0.25) is 0 Å². The molecule has 0 radical (unpaired) electrons. The maximum atomic E-state index is 8.89. The van der Waals surface area contributed by atoms with Gasteiger partial charge in [-0.15, -0.1) is 0 Å². The third-order valence-electron chi connectivity index (χ3n) is 4.79. The lowest BCUT2D eigenvalue weighted by atomic mass is 10.0. The molecule has 0 bridgehead atoms. The van der Waals surface area contributed by atoms with Crippen molar-refractivity contribution in [1.29, 1.82) is 0 Å². The smallest absolute Gasteiger partial charge is 0.0737 e. The molecule has 2 N–H and O–H groups in total. The van der Waals surface area contributed by atoms with E-state index in [0.29, 0.717) is 13.2 Å². The minimum absolute atomic E-state index is 0.212. The maximum Gasteiger partial charge on any atom is 0.0737 e. The van der Waals surface area contributed by atoms with E-state index in [-0.39, 0.29) is 6.61 Å². The van der Waals surface area contributed by atoms with Crippen LogP contribution in [0.4, 0.5) is 5.69 Å². The predicted octanol–water partition coefficient (Wildman–Crippen LogP) is 3.19.